The largest absolute Gasteiger partial charge is 0.376 e. The number of aryl methyl sites for hydroxylation is 1. The SMILES string of the molecule is CCO[C@H]1COC[C@@H]1Nc1cc(-c2nc(C)no2)ccn1. The Morgan fingerprint density at radius 2 is 2.33 bits per heavy atom. The number of anilines is 1. The molecule has 0 spiro atoms. The Hall–Kier alpha value is -1.99. The van der Waals surface area contributed by atoms with E-state index in [0.717, 1.165) is 11.4 Å². The fourth-order valence-electron chi connectivity index (χ4n) is 2.29. The van der Waals surface area contributed by atoms with Crippen LogP contribution >= 0.6 is 0 Å². The molecular weight excluding hydrogens is 272 g/mol. The van der Waals surface area contributed by atoms with Crippen LogP contribution in [0, 0.1) is 6.92 Å². The van der Waals surface area contributed by atoms with Crippen LogP contribution in [0.3, 0.4) is 0 Å². The molecule has 1 N–H and O–H groups in total. The molecule has 1 fully saturated rings. The summed E-state index contributed by atoms with van der Waals surface area (Å²) in [6.45, 7) is 5.65. The summed E-state index contributed by atoms with van der Waals surface area (Å²) < 4.78 is 16.3. The number of pyridine rings is 1. The van der Waals surface area contributed by atoms with E-state index < -0.39 is 0 Å². The molecule has 0 bridgehead atoms. The Labute approximate surface area is 122 Å². The molecule has 112 valence electrons. The van der Waals surface area contributed by atoms with Gasteiger partial charge in [-0.3, -0.25) is 0 Å². The van der Waals surface area contributed by atoms with Crippen LogP contribution in [0.1, 0.15) is 12.7 Å². The van der Waals surface area contributed by atoms with Crippen LogP contribution in [0.15, 0.2) is 22.9 Å². The lowest BCUT2D eigenvalue weighted by atomic mass is 10.2. The maximum absolute atomic E-state index is 5.65. The average molecular weight is 290 g/mol. The van der Waals surface area contributed by atoms with Crippen LogP contribution < -0.4 is 5.32 Å². The molecule has 3 heterocycles. The van der Waals surface area contributed by atoms with Crippen LogP contribution in [0.25, 0.3) is 11.5 Å². The molecule has 2 atom stereocenters. The number of nitrogens with one attached hydrogen (secondary N) is 1. The fraction of sp³-hybridized carbons (Fsp3) is 0.500. The van der Waals surface area contributed by atoms with E-state index in [4.69, 9.17) is 14.0 Å². The lowest BCUT2D eigenvalue weighted by molar-refractivity contribution is 0.0478. The molecule has 2 aromatic rings. The quantitative estimate of drug-likeness (QED) is 0.896. The normalized spacial score (nSPS) is 21.6. The van der Waals surface area contributed by atoms with Crippen molar-refractivity contribution in [2.75, 3.05) is 25.1 Å². The summed E-state index contributed by atoms with van der Waals surface area (Å²) in [6.07, 6.45) is 1.76. The molecule has 0 aromatic carbocycles. The van der Waals surface area contributed by atoms with Crippen molar-refractivity contribution in [2.45, 2.75) is 26.0 Å². The molecule has 0 saturated carbocycles. The highest BCUT2D eigenvalue weighted by Gasteiger charge is 2.28. The van der Waals surface area contributed by atoms with Gasteiger partial charge in [-0.2, -0.15) is 4.98 Å². The summed E-state index contributed by atoms with van der Waals surface area (Å²) in [7, 11) is 0. The molecule has 0 aliphatic carbocycles. The summed E-state index contributed by atoms with van der Waals surface area (Å²) in [6, 6.07) is 3.81. The molecule has 2 aromatic heterocycles. The van der Waals surface area contributed by atoms with Gasteiger partial charge in [0.2, 0.25) is 0 Å². The van der Waals surface area contributed by atoms with E-state index in [1.165, 1.54) is 0 Å². The second kappa shape index (κ2) is 6.19. The van der Waals surface area contributed by atoms with Crippen molar-refractivity contribution in [1.82, 2.24) is 15.1 Å². The minimum absolute atomic E-state index is 0.0473. The number of aromatic nitrogens is 3. The van der Waals surface area contributed by atoms with Crippen LogP contribution in [0.4, 0.5) is 5.82 Å². The number of rotatable bonds is 5. The maximum atomic E-state index is 5.65. The van der Waals surface area contributed by atoms with Gasteiger partial charge in [0.1, 0.15) is 11.9 Å². The molecule has 21 heavy (non-hydrogen) atoms. The van der Waals surface area contributed by atoms with Crippen molar-refractivity contribution < 1.29 is 14.0 Å². The lowest BCUT2D eigenvalue weighted by Crippen LogP contribution is -2.34. The third-order valence-electron chi connectivity index (χ3n) is 3.28. The second-order valence-corrected chi connectivity index (χ2v) is 4.86. The zero-order valence-electron chi connectivity index (χ0n) is 12.1. The summed E-state index contributed by atoms with van der Waals surface area (Å²) in [5.74, 6) is 1.84. The minimum Gasteiger partial charge on any atom is -0.376 e. The van der Waals surface area contributed by atoms with E-state index in [-0.39, 0.29) is 12.1 Å². The van der Waals surface area contributed by atoms with Crippen molar-refractivity contribution in [1.29, 1.82) is 0 Å². The van der Waals surface area contributed by atoms with E-state index in [1.54, 1.807) is 13.1 Å². The van der Waals surface area contributed by atoms with E-state index in [9.17, 15) is 0 Å². The van der Waals surface area contributed by atoms with Gasteiger partial charge in [-0.15, -0.1) is 0 Å². The molecule has 7 nitrogen and oxygen atoms in total. The predicted octanol–water partition coefficient (Wildman–Crippen LogP) is 1.66. The van der Waals surface area contributed by atoms with Crippen LogP contribution in [0.2, 0.25) is 0 Å². The minimum atomic E-state index is 0.0473. The van der Waals surface area contributed by atoms with Gasteiger partial charge in [-0.05, 0) is 26.0 Å². The lowest BCUT2D eigenvalue weighted by Gasteiger charge is -2.19. The van der Waals surface area contributed by atoms with E-state index in [0.29, 0.717) is 31.5 Å². The topological polar surface area (TPSA) is 82.3 Å². The van der Waals surface area contributed by atoms with Gasteiger partial charge in [0.25, 0.3) is 5.89 Å². The van der Waals surface area contributed by atoms with E-state index in [1.807, 2.05) is 19.1 Å². The summed E-state index contributed by atoms with van der Waals surface area (Å²) >= 11 is 0. The van der Waals surface area contributed by atoms with Gasteiger partial charge >= 0.3 is 0 Å². The van der Waals surface area contributed by atoms with Crippen LogP contribution in [0.5, 0.6) is 0 Å². The van der Waals surface area contributed by atoms with Crippen molar-refractivity contribution in [3.63, 3.8) is 0 Å². The monoisotopic (exact) mass is 290 g/mol. The molecule has 1 aliphatic heterocycles. The first-order valence-corrected chi connectivity index (χ1v) is 6.99. The van der Waals surface area contributed by atoms with Crippen molar-refractivity contribution in [3.8, 4) is 11.5 Å². The predicted molar refractivity (Wildman–Crippen MR) is 75.9 cm³/mol. The van der Waals surface area contributed by atoms with Gasteiger partial charge < -0.3 is 19.3 Å². The highest BCUT2D eigenvalue weighted by atomic mass is 16.5. The van der Waals surface area contributed by atoms with Crippen molar-refractivity contribution in [3.05, 3.63) is 24.2 Å². The first-order chi connectivity index (χ1) is 10.3. The van der Waals surface area contributed by atoms with Crippen molar-refractivity contribution in [2.24, 2.45) is 0 Å². The van der Waals surface area contributed by atoms with Crippen molar-refractivity contribution >= 4 is 5.82 Å². The van der Waals surface area contributed by atoms with Gasteiger partial charge in [-0.25, -0.2) is 4.98 Å². The Kier molecular flexibility index (Phi) is 4.12. The number of nitrogens with zero attached hydrogens (tertiary/aromatic N) is 3. The Balaban J connectivity index is 1.74. The van der Waals surface area contributed by atoms with Crippen LogP contribution in [-0.2, 0) is 9.47 Å². The molecule has 3 rings (SSSR count). The molecule has 7 heteroatoms. The third kappa shape index (κ3) is 3.20. The van der Waals surface area contributed by atoms with Gasteiger partial charge in [-0.1, -0.05) is 5.16 Å². The molecule has 1 saturated heterocycles. The summed E-state index contributed by atoms with van der Waals surface area (Å²) in [4.78, 5) is 8.53. The Bertz CT molecular complexity index is 601. The Morgan fingerprint density at radius 3 is 3.10 bits per heavy atom. The molecule has 0 amide bonds. The van der Waals surface area contributed by atoms with Gasteiger partial charge in [0, 0.05) is 18.4 Å². The first kappa shape index (κ1) is 14.0. The number of hydrogen-bond acceptors (Lipinski definition) is 7. The maximum Gasteiger partial charge on any atom is 0.258 e. The second-order valence-electron chi connectivity index (χ2n) is 4.86. The number of hydrogen-bond donors (Lipinski definition) is 1. The number of ether oxygens (including phenoxy) is 2. The third-order valence-corrected chi connectivity index (χ3v) is 3.28. The average Bonchev–Trinajstić information content (AvgIpc) is 3.10. The van der Waals surface area contributed by atoms with Crippen LogP contribution in [-0.4, -0.2) is 47.1 Å². The summed E-state index contributed by atoms with van der Waals surface area (Å²) in [5.41, 5.74) is 0.833. The zero-order valence-corrected chi connectivity index (χ0v) is 12.1. The van der Waals surface area contributed by atoms with E-state index in [2.05, 4.69) is 20.4 Å². The smallest absolute Gasteiger partial charge is 0.258 e. The summed E-state index contributed by atoms with van der Waals surface area (Å²) in [5, 5.41) is 7.14. The molecule has 0 radical (unpaired) electrons. The first-order valence-electron chi connectivity index (χ1n) is 6.99. The van der Waals surface area contributed by atoms with Gasteiger partial charge in [0.05, 0.1) is 19.3 Å². The molecule has 0 unspecified atom stereocenters. The molecular formula is C14H18N4O3. The highest BCUT2D eigenvalue weighted by Crippen LogP contribution is 2.21. The fourth-order valence-corrected chi connectivity index (χ4v) is 2.29. The highest BCUT2D eigenvalue weighted by molar-refractivity contribution is 5.58. The van der Waals surface area contributed by atoms with E-state index >= 15 is 0 Å². The van der Waals surface area contributed by atoms with Gasteiger partial charge in [0.15, 0.2) is 5.82 Å². The molecule has 1 aliphatic rings. The Morgan fingerprint density at radius 1 is 1.43 bits per heavy atom. The zero-order chi connectivity index (χ0) is 14.7. The standard InChI is InChI=1S/C14H18N4O3/c1-3-20-12-8-19-7-11(12)17-13-6-10(4-5-15-13)14-16-9(2)18-21-14/h4-6,11-12H,3,7-8H2,1-2H3,(H,15,17)/t11-,12-/m0/s1.